The molecule has 1 aromatic heterocycles. The van der Waals surface area contributed by atoms with Gasteiger partial charge in [-0.05, 0) is 13.8 Å². The van der Waals surface area contributed by atoms with Crippen molar-refractivity contribution in [3.8, 4) is 11.4 Å². The average molecular weight is 271 g/mol. The van der Waals surface area contributed by atoms with Crippen LogP contribution in [0.2, 0.25) is 0 Å². The lowest BCUT2D eigenvalue weighted by Gasteiger charge is -2.03. The van der Waals surface area contributed by atoms with Gasteiger partial charge in [0.05, 0.1) is 12.4 Å². The number of rotatable bonds is 6. The molecule has 0 aliphatic carbocycles. The second-order valence-corrected chi connectivity index (χ2v) is 4.81. The summed E-state index contributed by atoms with van der Waals surface area (Å²) in [5.74, 6) is 2.50. The van der Waals surface area contributed by atoms with E-state index in [9.17, 15) is 0 Å². The molecule has 0 unspecified atom stereocenters. The van der Waals surface area contributed by atoms with Gasteiger partial charge in [0.1, 0.15) is 0 Å². The number of hydrogen-bond donors (Lipinski definition) is 0. The van der Waals surface area contributed by atoms with E-state index in [1.54, 1.807) is 0 Å². The molecule has 106 valence electrons. The van der Waals surface area contributed by atoms with Crippen LogP contribution < -0.4 is 0 Å². The molecule has 0 N–H and O–H groups in total. The molecule has 0 aliphatic heterocycles. The standard InChI is InChI=1S/C16H21N3O/c1-5-20-13(3)8-11-15-17-16(19(4)18-15)14-9-6-12(2)7-10-14/h6-7,9-10H,3,5,8,11H2,1-2,4H3. The summed E-state index contributed by atoms with van der Waals surface area (Å²) in [6, 6.07) is 8.31. The van der Waals surface area contributed by atoms with Gasteiger partial charge >= 0.3 is 0 Å². The number of aromatic nitrogens is 3. The number of aryl methyl sites for hydroxylation is 3. The van der Waals surface area contributed by atoms with E-state index in [1.165, 1.54) is 5.56 Å². The van der Waals surface area contributed by atoms with Crippen molar-refractivity contribution < 1.29 is 4.74 Å². The van der Waals surface area contributed by atoms with Gasteiger partial charge in [-0.25, -0.2) is 9.67 Å². The smallest absolute Gasteiger partial charge is 0.158 e. The Morgan fingerprint density at radius 2 is 2.00 bits per heavy atom. The van der Waals surface area contributed by atoms with Crippen LogP contribution in [-0.4, -0.2) is 21.4 Å². The van der Waals surface area contributed by atoms with E-state index < -0.39 is 0 Å². The van der Waals surface area contributed by atoms with Crippen molar-refractivity contribution >= 4 is 0 Å². The summed E-state index contributed by atoms with van der Waals surface area (Å²) in [5.41, 5.74) is 2.32. The molecule has 0 atom stereocenters. The third kappa shape index (κ3) is 3.47. The van der Waals surface area contributed by atoms with Crippen molar-refractivity contribution in [2.24, 2.45) is 7.05 Å². The van der Waals surface area contributed by atoms with Crippen molar-refractivity contribution in [2.75, 3.05) is 6.61 Å². The summed E-state index contributed by atoms with van der Waals surface area (Å²) in [5, 5.41) is 4.45. The van der Waals surface area contributed by atoms with Gasteiger partial charge in [-0.3, -0.25) is 0 Å². The minimum Gasteiger partial charge on any atom is -0.499 e. The molecule has 0 amide bonds. The molecule has 2 rings (SSSR count). The van der Waals surface area contributed by atoms with Gasteiger partial charge in [0.2, 0.25) is 0 Å². The minimum atomic E-state index is 0.656. The lowest BCUT2D eigenvalue weighted by Crippen LogP contribution is -1.96. The number of hydrogen-bond acceptors (Lipinski definition) is 3. The number of benzene rings is 1. The minimum absolute atomic E-state index is 0.656. The molecule has 4 heteroatoms. The predicted octanol–water partition coefficient (Wildman–Crippen LogP) is 3.27. The third-order valence-electron chi connectivity index (χ3n) is 3.09. The molecule has 0 aliphatic rings. The highest BCUT2D eigenvalue weighted by Crippen LogP contribution is 2.18. The lowest BCUT2D eigenvalue weighted by molar-refractivity contribution is 0.220. The molecule has 4 nitrogen and oxygen atoms in total. The fourth-order valence-electron chi connectivity index (χ4n) is 2.02. The monoisotopic (exact) mass is 271 g/mol. The van der Waals surface area contributed by atoms with E-state index in [2.05, 4.69) is 47.9 Å². The Hall–Kier alpha value is -2.10. The third-order valence-corrected chi connectivity index (χ3v) is 3.09. The number of ether oxygens (including phenoxy) is 1. The lowest BCUT2D eigenvalue weighted by atomic mass is 10.1. The largest absolute Gasteiger partial charge is 0.499 e. The molecule has 0 saturated carbocycles. The van der Waals surface area contributed by atoms with Crippen molar-refractivity contribution in [2.45, 2.75) is 26.7 Å². The van der Waals surface area contributed by atoms with Crippen LogP contribution in [0, 0.1) is 6.92 Å². The second kappa shape index (κ2) is 6.37. The Labute approximate surface area is 120 Å². The van der Waals surface area contributed by atoms with E-state index in [-0.39, 0.29) is 0 Å². The fraction of sp³-hybridized carbons (Fsp3) is 0.375. The maximum Gasteiger partial charge on any atom is 0.158 e. The summed E-state index contributed by atoms with van der Waals surface area (Å²) < 4.78 is 7.16. The number of allylic oxidation sites excluding steroid dienone is 1. The van der Waals surface area contributed by atoms with Crippen molar-refractivity contribution in [1.29, 1.82) is 0 Å². The average Bonchev–Trinajstić information content (AvgIpc) is 2.79. The van der Waals surface area contributed by atoms with Crippen LogP contribution in [0.15, 0.2) is 36.6 Å². The summed E-state index contributed by atoms with van der Waals surface area (Å²) in [7, 11) is 1.92. The van der Waals surface area contributed by atoms with Gasteiger partial charge in [0.25, 0.3) is 0 Å². The fourth-order valence-corrected chi connectivity index (χ4v) is 2.02. The molecule has 0 spiro atoms. The summed E-state index contributed by atoms with van der Waals surface area (Å²) in [6.07, 6.45) is 1.50. The van der Waals surface area contributed by atoms with Gasteiger partial charge in [-0.1, -0.05) is 36.4 Å². The molecular formula is C16H21N3O. The van der Waals surface area contributed by atoms with E-state index in [4.69, 9.17) is 4.74 Å². The molecule has 0 fully saturated rings. The van der Waals surface area contributed by atoms with Crippen molar-refractivity contribution in [3.05, 3.63) is 48.0 Å². The SMILES string of the molecule is C=C(CCc1nc(-c2ccc(C)cc2)n(C)n1)OCC. The molecule has 0 radical (unpaired) electrons. The van der Waals surface area contributed by atoms with E-state index >= 15 is 0 Å². The maximum atomic E-state index is 5.34. The van der Waals surface area contributed by atoms with Gasteiger partial charge in [-0.2, -0.15) is 5.10 Å². The first-order valence-electron chi connectivity index (χ1n) is 6.87. The van der Waals surface area contributed by atoms with Crippen LogP contribution in [-0.2, 0) is 18.2 Å². The van der Waals surface area contributed by atoms with Crippen LogP contribution >= 0.6 is 0 Å². The Bertz CT molecular complexity index is 584. The predicted molar refractivity (Wildman–Crippen MR) is 80.3 cm³/mol. The quantitative estimate of drug-likeness (QED) is 0.757. The highest BCUT2D eigenvalue weighted by Gasteiger charge is 2.09. The van der Waals surface area contributed by atoms with Crippen LogP contribution in [0.1, 0.15) is 24.7 Å². The van der Waals surface area contributed by atoms with Crippen LogP contribution in [0.4, 0.5) is 0 Å². The summed E-state index contributed by atoms with van der Waals surface area (Å²) >= 11 is 0. The maximum absolute atomic E-state index is 5.34. The topological polar surface area (TPSA) is 39.9 Å². The Balaban J connectivity index is 2.09. The zero-order chi connectivity index (χ0) is 14.5. The molecular weight excluding hydrogens is 250 g/mol. The first-order valence-corrected chi connectivity index (χ1v) is 6.87. The van der Waals surface area contributed by atoms with Gasteiger partial charge < -0.3 is 4.74 Å². The van der Waals surface area contributed by atoms with Crippen LogP contribution in [0.25, 0.3) is 11.4 Å². The van der Waals surface area contributed by atoms with Crippen molar-refractivity contribution in [3.63, 3.8) is 0 Å². The molecule has 0 saturated heterocycles. The Kier molecular flexibility index (Phi) is 4.56. The highest BCUT2D eigenvalue weighted by atomic mass is 16.5. The van der Waals surface area contributed by atoms with Crippen LogP contribution in [0.3, 0.4) is 0 Å². The van der Waals surface area contributed by atoms with Crippen LogP contribution in [0.5, 0.6) is 0 Å². The normalized spacial score (nSPS) is 10.6. The molecule has 2 aromatic rings. The molecule has 1 heterocycles. The molecule has 1 aromatic carbocycles. The highest BCUT2D eigenvalue weighted by molar-refractivity contribution is 5.55. The Morgan fingerprint density at radius 3 is 2.65 bits per heavy atom. The van der Waals surface area contributed by atoms with Crippen molar-refractivity contribution in [1.82, 2.24) is 14.8 Å². The van der Waals surface area contributed by atoms with E-state index in [1.807, 2.05) is 18.7 Å². The zero-order valence-electron chi connectivity index (χ0n) is 12.4. The Morgan fingerprint density at radius 1 is 1.30 bits per heavy atom. The first-order chi connectivity index (χ1) is 9.60. The zero-order valence-corrected chi connectivity index (χ0v) is 12.4. The molecule has 0 bridgehead atoms. The number of nitrogens with zero attached hydrogens (tertiary/aromatic N) is 3. The first kappa shape index (κ1) is 14.3. The van der Waals surface area contributed by atoms with E-state index in [0.29, 0.717) is 6.61 Å². The summed E-state index contributed by atoms with van der Waals surface area (Å²) in [4.78, 5) is 4.60. The second-order valence-electron chi connectivity index (χ2n) is 4.81. The van der Waals surface area contributed by atoms with E-state index in [0.717, 1.165) is 35.8 Å². The van der Waals surface area contributed by atoms with Gasteiger partial charge in [-0.15, -0.1) is 0 Å². The van der Waals surface area contributed by atoms with Gasteiger partial charge in [0.15, 0.2) is 11.6 Å². The summed E-state index contributed by atoms with van der Waals surface area (Å²) in [6.45, 7) is 8.56. The van der Waals surface area contributed by atoms with Gasteiger partial charge in [0, 0.05) is 25.5 Å². The molecule has 20 heavy (non-hydrogen) atoms.